The van der Waals surface area contributed by atoms with Gasteiger partial charge in [-0.05, 0) is 19.4 Å². The maximum Gasteiger partial charge on any atom is 0.113 e. The lowest BCUT2D eigenvalue weighted by atomic mass is 10.2. The van der Waals surface area contributed by atoms with Crippen molar-refractivity contribution in [1.82, 2.24) is 0 Å². The van der Waals surface area contributed by atoms with Crippen LogP contribution in [0.4, 0.5) is 5.69 Å². The van der Waals surface area contributed by atoms with Gasteiger partial charge in [0.05, 0.1) is 12.0 Å². The zero-order valence-corrected chi connectivity index (χ0v) is 6.42. The van der Waals surface area contributed by atoms with E-state index in [9.17, 15) is 0 Å². The summed E-state index contributed by atoms with van der Waals surface area (Å²) in [7, 11) is 0. The summed E-state index contributed by atoms with van der Waals surface area (Å²) < 4.78 is 4.90. The molecule has 10 heavy (non-hydrogen) atoms. The van der Waals surface area contributed by atoms with Crippen molar-refractivity contribution in [3.63, 3.8) is 0 Å². The Kier molecular flexibility index (Phi) is 2.37. The van der Waals surface area contributed by atoms with Crippen molar-refractivity contribution in [3.8, 4) is 0 Å². The minimum absolute atomic E-state index is 0.526. The summed E-state index contributed by atoms with van der Waals surface area (Å²) in [6, 6.07) is 2.45. The van der Waals surface area contributed by atoms with E-state index in [1.165, 1.54) is 0 Å². The van der Waals surface area contributed by atoms with Gasteiger partial charge in [0.25, 0.3) is 0 Å². The lowest BCUT2D eigenvalue weighted by Crippen LogP contribution is -2.12. The van der Waals surface area contributed by atoms with E-state index in [2.05, 4.69) is 19.2 Å². The fraction of sp³-hybridized carbons (Fsp3) is 0.500. The molecule has 0 aliphatic rings. The summed E-state index contributed by atoms with van der Waals surface area (Å²) in [4.78, 5) is 0. The van der Waals surface area contributed by atoms with Crippen molar-refractivity contribution in [2.45, 2.75) is 26.3 Å². The van der Waals surface area contributed by atoms with Crippen LogP contribution < -0.4 is 5.32 Å². The monoisotopic (exact) mass is 139 g/mol. The fourth-order valence-electron chi connectivity index (χ4n) is 0.733. The van der Waals surface area contributed by atoms with Gasteiger partial charge in [-0.1, -0.05) is 6.92 Å². The minimum atomic E-state index is 0.526. The zero-order chi connectivity index (χ0) is 7.40. The largest absolute Gasteiger partial charge is 0.470 e. The first kappa shape index (κ1) is 7.19. The minimum Gasteiger partial charge on any atom is -0.470 e. The molecule has 1 unspecified atom stereocenters. The van der Waals surface area contributed by atoms with Gasteiger partial charge in [0.1, 0.15) is 6.26 Å². The first-order chi connectivity index (χ1) is 4.83. The Hall–Kier alpha value is -0.920. The van der Waals surface area contributed by atoms with E-state index < -0.39 is 0 Å². The van der Waals surface area contributed by atoms with Gasteiger partial charge in [-0.2, -0.15) is 0 Å². The number of furan rings is 1. The predicted octanol–water partition coefficient (Wildman–Crippen LogP) is 2.49. The van der Waals surface area contributed by atoms with Crippen LogP contribution in [0.1, 0.15) is 20.3 Å². The lowest BCUT2D eigenvalue weighted by molar-refractivity contribution is 0.567. The van der Waals surface area contributed by atoms with E-state index in [-0.39, 0.29) is 0 Å². The molecule has 1 rings (SSSR count). The van der Waals surface area contributed by atoms with E-state index in [0.29, 0.717) is 6.04 Å². The third-order valence-electron chi connectivity index (χ3n) is 1.55. The van der Waals surface area contributed by atoms with Gasteiger partial charge in [0.15, 0.2) is 0 Å². The highest BCUT2D eigenvalue weighted by atomic mass is 16.3. The Morgan fingerprint density at radius 1 is 1.70 bits per heavy atom. The molecule has 0 saturated heterocycles. The smallest absolute Gasteiger partial charge is 0.113 e. The number of hydrogen-bond acceptors (Lipinski definition) is 2. The van der Waals surface area contributed by atoms with Crippen molar-refractivity contribution in [2.75, 3.05) is 5.32 Å². The van der Waals surface area contributed by atoms with Crippen molar-refractivity contribution in [2.24, 2.45) is 0 Å². The Labute approximate surface area is 61.2 Å². The zero-order valence-electron chi connectivity index (χ0n) is 6.42. The topological polar surface area (TPSA) is 25.2 Å². The highest BCUT2D eigenvalue weighted by Crippen LogP contribution is 2.08. The molecule has 1 aromatic heterocycles. The van der Waals surface area contributed by atoms with E-state index >= 15 is 0 Å². The molecule has 0 aliphatic carbocycles. The standard InChI is InChI=1S/C8H13NO/c1-3-7(2)9-8-4-5-10-6-8/h4-7,9H,3H2,1-2H3. The van der Waals surface area contributed by atoms with Gasteiger partial charge in [0, 0.05) is 6.04 Å². The van der Waals surface area contributed by atoms with Gasteiger partial charge < -0.3 is 9.73 Å². The van der Waals surface area contributed by atoms with Crippen LogP contribution in [-0.2, 0) is 0 Å². The Balaban J connectivity index is 2.40. The molecule has 0 bridgehead atoms. The van der Waals surface area contributed by atoms with Crippen LogP contribution in [0.2, 0.25) is 0 Å². The highest BCUT2D eigenvalue weighted by Gasteiger charge is 1.97. The number of anilines is 1. The molecule has 0 spiro atoms. The van der Waals surface area contributed by atoms with Crippen molar-refractivity contribution in [3.05, 3.63) is 18.6 Å². The molecule has 1 heterocycles. The summed E-state index contributed by atoms with van der Waals surface area (Å²) in [6.45, 7) is 4.30. The van der Waals surface area contributed by atoms with Gasteiger partial charge in [0.2, 0.25) is 0 Å². The number of nitrogens with one attached hydrogen (secondary N) is 1. The summed E-state index contributed by atoms with van der Waals surface area (Å²) in [5.41, 5.74) is 1.06. The van der Waals surface area contributed by atoms with Crippen molar-refractivity contribution < 1.29 is 4.42 Å². The third-order valence-corrected chi connectivity index (χ3v) is 1.55. The second-order valence-electron chi connectivity index (χ2n) is 2.47. The Bertz CT molecular complexity index is 169. The first-order valence-corrected chi connectivity index (χ1v) is 3.61. The maximum absolute atomic E-state index is 4.90. The molecule has 0 amide bonds. The van der Waals surface area contributed by atoms with E-state index in [1.807, 2.05) is 6.07 Å². The Morgan fingerprint density at radius 3 is 3.00 bits per heavy atom. The average molecular weight is 139 g/mol. The van der Waals surface area contributed by atoms with Crippen LogP contribution in [0.5, 0.6) is 0 Å². The predicted molar refractivity (Wildman–Crippen MR) is 42.1 cm³/mol. The van der Waals surface area contributed by atoms with Crippen LogP contribution in [0.3, 0.4) is 0 Å². The molecule has 0 fully saturated rings. The van der Waals surface area contributed by atoms with E-state index in [0.717, 1.165) is 12.1 Å². The van der Waals surface area contributed by atoms with Crippen molar-refractivity contribution >= 4 is 5.69 Å². The molecule has 1 N–H and O–H groups in total. The van der Waals surface area contributed by atoms with Crippen molar-refractivity contribution in [1.29, 1.82) is 0 Å². The SMILES string of the molecule is CCC(C)Nc1ccoc1. The summed E-state index contributed by atoms with van der Waals surface area (Å²) in [6.07, 6.45) is 4.52. The molecule has 0 radical (unpaired) electrons. The quantitative estimate of drug-likeness (QED) is 0.696. The highest BCUT2D eigenvalue weighted by molar-refractivity contribution is 5.39. The normalized spacial score (nSPS) is 13.0. The molecule has 56 valence electrons. The van der Waals surface area contributed by atoms with Gasteiger partial charge in [-0.3, -0.25) is 0 Å². The summed E-state index contributed by atoms with van der Waals surface area (Å²) in [5.74, 6) is 0. The first-order valence-electron chi connectivity index (χ1n) is 3.61. The molecule has 0 saturated carbocycles. The van der Waals surface area contributed by atoms with Crippen LogP contribution in [0, 0.1) is 0 Å². The molecule has 2 heteroatoms. The molecular weight excluding hydrogens is 126 g/mol. The third kappa shape index (κ3) is 1.79. The average Bonchev–Trinajstić information content (AvgIpc) is 2.40. The molecule has 1 aromatic rings. The summed E-state index contributed by atoms with van der Waals surface area (Å²) in [5, 5.41) is 3.28. The van der Waals surface area contributed by atoms with Crippen LogP contribution >= 0.6 is 0 Å². The fourth-order valence-corrected chi connectivity index (χ4v) is 0.733. The van der Waals surface area contributed by atoms with Crippen LogP contribution in [-0.4, -0.2) is 6.04 Å². The van der Waals surface area contributed by atoms with E-state index in [4.69, 9.17) is 4.42 Å². The lowest BCUT2D eigenvalue weighted by Gasteiger charge is -2.09. The summed E-state index contributed by atoms with van der Waals surface area (Å²) >= 11 is 0. The van der Waals surface area contributed by atoms with Gasteiger partial charge in [-0.15, -0.1) is 0 Å². The molecule has 0 aromatic carbocycles. The van der Waals surface area contributed by atoms with Gasteiger partial charge >= 0.3 is 0 Å². The molecule has 2 nitrogen and oxygen atoms in total. The molecular formula is C8H13NO. The van der Waals surface area contributed by atoms with E-state index in [1.54, 1.807) is 12.5 Å². The number of rotatable bonds is 3. The maximum atomic E-state index is 4.90. The molecule has 1 atom stereocenters. The number of hydrogen-bond donors (Lipinski definition) is 1. The van der Waals surface area contributed by atoms with Crippen LogP contribution in [0.25, 0.3) is 0 Å². The molecule has 0 aliphatic heterocycles. The Morgan fingerprint density at radius 2 is 2.50 bits per heavy atom. The van der Waals surface area contributed by atoms with Gasteiger partial charge in [-0.25, -0.2) is 0 Å². The second-order valence-corrected chi connectivity index (χ2v) is 2.47. The second kappa shape index (κ2) is 3.30. The van der Waals surface area contributed by atoms with Crippen LogP contribution in [0.15, 0.2) is 23.0 Å².